The number of nitrogens with one attached hydrogen (secondary N) is 1. The Bertz CT molecular complexity index is 1060. The number of rotatable bonds is 6. The van der Waals surface area contributed by atoms with Crippen LogP contribution in [0, 0.1) is 13.8 Å². The van der Waals surface area contributed by atoms with E-state index in [9.17, 15) is 4.79 Å². The zero-order valence-corrected chi connectivity index (χ0v) is 19.7. The Morgan fingerprint density at radius 1 is 1.17 bits per heavy atom. The van der Waals surface area contributed by atoms with E-state index in [2.05, 4.69) is 31.0 Å². The van der Waals surface area contributed by atoms with Gasteiger partial charge in [0.15, 0.2) is 0 Å². The maximum atomic E-state index is 12.0. The zero-order chi connectivity index (χ0) is 21.0. The summed E-state index contributed by atoms with van der Waals surface area (Å²) in [6, 6.07) is 15.2. The lowest BCUT2D eigenvalue weighted by molar-refractivity contribution is -0.118. The predicted molar refractivity (Wildman–Crippen MR) is 126 cm³/mol. The van der Waals surface area contributed by atoms with Crippen molar-refractivity contribution in [3.05, 3.63) is 80.0 Å². The monoisotopic (exact) mass is 509 g/mol. The first-order valence-corrected chi connectivity index (χ1v) is 11.2. The molecule has 1 amide bonds. The normalized spacial score (nSPS) is 11.2. The van der Waals surface area contributed by atoms with Gasteiger partial charge in [0.2, 0.25) is 5.91 Å². The molecule has 3 aromatic rings. The highest BCUT2D eigenvalue weighted by Gasteiger charge is 2.11. The predicted octanol–water partition coefficient (Wildman–Crippen LogP) is 6.41. The van der Waals surface area contributed by atoms with Crippen molar-refractivity contribution in [2.75, 3.05) is 5.75 Å². The molecule has 1 aromatic heterocycles. The Kier molecular flexibility index (Phi) is 7.46. The largest absolute Gasteiger partial charge is 0.318 e. The molecule has 0 spiro atoms. The van der Waals surface area contributed by atoms with Gasteiger partial charge in [-0.05, 0) is 78.3 Å². The molecule has 0 unspecified atom stereocenters. The fourth-order valence-electron chi connectivity index (χ4n) is 2.83. The number of nitrogens with zero attached hydrogens (tertiary/aromatic N) is 2. The summed E-state index contributed by atoms with van der Waals surface area (Å²) in [5.74, 6) is 0.102. The molecule has 1 heterocycles. The second-order valence-electron chi connectivity index (χ2n) is 6.30. The van der Waals surface area contributed by atoms with Crippen LogP contribution in [0.5, 0.6) is 0 Å². The van der Waals surface area contributed by atoms with Crippen LogP contribution in [-0.2, 0) is 4.79 Å². The number of aryl methyl sites for hydroxylation is 1. The molecule has 0 saturated carbocycles. The summed E-state index contributed by atoms with van der Waals surface area (Å²) < 4.78 is 2.95. The van der Waals surface area contributed by atoms with E-state index in [-0.39, 0.29) is 11.7 Å². The van der Waals surface area contributed by atoms with Crippen LogP contribution >= 0.6 is 50.9 Å². The van der Waals surface area contributed by atoms with Crippen LogP contribution in [0.3, 0.4) is 0 Å². The van der Waals surface area contributed by atoms with E-state index < -0.39 is 0 Å². The third kappa shape index (κ3) is 5.66. The molecule has 0 aliphatic carbocycles. The summed E-state index contributed by atoms with van der Waals surface area (Å²) in [6.45, 7) is 4.02. The summed E-state index contributed by atoms with van der Waals surface area (Å²) in [7, 11) is 0. The van der Waals surface area contributed by atoms with Crippen molar-refractivity contribution in [1.29, 1.82) is 0 Å². The molecule has 0 radical (unpaired) electrons. The minimum atomic E-state index is -0.172. The molecular weight excluding hydrogens is 493 g/mol. The topological polar surface area (TPSA) is 46.4 Å². The maximum absolute atomic E-state index is 12.0. The van der Waals surface area contributed by atoms with Crippen molar-refractivity contribution in [2.24, 2.45) is 5.10 Å². The van der Waals surface area contributed by atoms with Gasteiger partial charge in [-0.2, -0.15) is 5.10 Å². The molecule has 0 atom stereocenters. The molecule has 1 N–H and O–H groups in total. The van der Waals surface area contributed by atoms with Crippen LogP contribution in [0.2, 0.25) is 10.0 Å². The third-order valence-electron chi connectivity index (χ3n) is 4.21. The van der Waals surface area contributed by atoms with Crippen molar-refractivity contribution < 1.29 is 4.79 Å². The molecule has 0 saturated heterocycles. The third-order valence-corrected chi connectivity index (χ3v) is 6.70. The Balaban J connectivity index is 1.64. The summed E-state index contributed by atoms with van der Waals surface area (Å²) in [5, 5.41) is 5.42. The first-order valence-electron chi connectivity index (χ1n) is 8.70. The highest BCUT2D eigenvalue weighted by molar-refractivity contribution is 9.10. The smallest absolute Gasteiger partial charge is 0.250 e. The first-order chi connectivity index (χ1) is 13.8. The van der Waals surface area contributed by atoms with E-state index in [1.807, 2.05) is 50.2 Å². The number of carbonyl (C=O) groups is 1. The Hall–Kier alpha value is -1.73. The highest BCUT2D eigenvalue weighted by atomic mass is 79.9. The van der Waals surface area contributed by atoms with Crippen LogP contribution in [0.15, 0.2) is 63.0 Å². The van der Waals surface area contributed by atoms with E-state index in [0.717, 1.165) is 32.0 Å². The SMILES string of the molecule is Cc1cc(/C=N\NC(=O)CSc2ccc(Cl)cc2)c(C)n1-c1ccc(Br)c(Cl)c1. The lowest BCUT2D eigenvalue weighted by Gasteiger charge is -2.10. The fraction of sp³-hybridized carbons (Fsp3) is 0.143. The number of aromatic nitrogens is 1. The molecule has 29 heavy (non-hydrogen) atoms. The molecule has 3 rings (SSSR count). The number of halogens is 3. The van der Waals surface area contributed by atoms with Gasteiger partial charge < -0.3 is 4.57 Å². The molecule has 0 aliphatic rings. The maximum Gasteiger partial charge on any atom is 0.250 e. The lowest BCUT2D eigenvalue weighted by atomic mass is 10.2. The first kappa shape index (κ1) is 22.0. The van der Waals surface area contributed by atoms with E-state index in [1.165, 1.54) is 11.8 Å². The van der Waals surface area contributed by atoms with Crippen molar-refractivity contribution >= 4 is 63.0 Å². The Morgan fingerprint density at radius 2 is 1.90 bits per heavy atom. The molecule has 0 bridgehead atoms. The Labute approximate surface area is 192 Å². The Morgan fingerprint density at radius 3 is 2.59 bits per heavy atom. The number of hydrogen-bond donors (Lipinski definition) is 1. The second kappa shape index (κ2) is 9.85. The fourth-order valence-corrected chi connectivity index (χ4v) is 4.06. The van der Waals surface area contributed by atoms with Crippen molar-refractivity contribution in [1.82, 2.24) is 9.99 Å². The number of hydrogen-bond acceptors (Lipinski definition) is 3. The summed E-state index contributed by atoms with van der Waals surface area (Å²) >= 11 is 16.9. The molecule has 150 valence electrons. The van der Waals surface area contributed by atoms with Crippen molar-refractivity contribution in [2.45, 2.75) is 18.7 Å². The van der Waals surface area contributed by atoms with Gasteiger partial charge in [-0.15, -0.1) is 11.8 Å². The standard InChI is InChI=1S/C21H18BrCl2N3OS/c1-13-9-15(14(2)27(13)17-5-8-19(22)20(24)10-17)11-25-26-21(28)12-29-18-6-3-16(23)4-7-18/h3-11H,12H2,1-2H3,(H,26,28)/b25-11-. The molecule has 4 nitrogen and oxygen atoms in total. The number of carbonyl (C=O) groups excluding carboxylic acids is 1. The molecular formula is C21H18BrCl2N3OS. The van der Waals surface area contributed by atoms with Crippen LogP contribution in [0.1, 0.15) is 17.0 Å². The minimum absolute atomic E-state index is 0.172. The van der Waals surface area contributed by atoms with E-state index in [0.29, 0.717) is 10.0 Å². The van der Waals surface area contributed by atoms with Crippen molar-refractivity contribution in [3.63, 3.8) is 0 Å². The number of thioether (sulfide) groups is 1. The number of amides is 1. The molecule has 2 aromatic carbocycles. The van der Waals surface area contributed by atoms with Crippen LogP contribution in [0.25, 0.3) is 5.69 Å². The van der Waals surface area contributed by atoms with Gasteiger partial charge in [0.05, 0.1) is 17.0 Å². The zero-order valence-electron chi connectivity index (χ0n) is 15.7. The number of benzene rings is 2. The second-order valence-corrected chi connectivity index (χ2v) is 9.04. The average molecular weight is 511 g/mol. The van der Waals surface area contributed by atoms with Gasteiger partial charge >= 0.3 is 0 Å². The quantitative estimate of drug-likeness (QED) is 0.236. The molecule has 8 heteroatoms. The number of hydrazone groups is 1. The lowest BCUT2D eigenvalue weighted by Crippen LogP contribution is -2.19. The summed E-state index contributed by atoms with van der Waals surface area (Å²) in [4.78, 5) is 13.0. The average Bonchev–Trinajstić information content (AvgIpc) is 2.97. The van der Waals surface area contributed by atoms with E-state index >= 15 is 0 Å². The van der Waals surface area contributed by atoms with Crippen LogP contribution in [0.4, 0.5) is 0 Å². The summed E-state index contributed by atoms with van der Waals surface area (Å²) in [6.07, 6.45) is 1.66. The summed E-state index contributed by atoms with van der Waals surface area (Å²) in [5.41, 5.74) is 6.52. The van der Waals surface area contributed by atoms with Gasteiger partial charge in [0.25, 0.3) is 0 Å². The van der Waals surface area contributed by atoms with Gasteiger partial charge in [-0.1, -0.05) is 23.2 Å². The molecule has 0 fully saturated rings. The highest BCUT2D eigenvalue weighted by Crippen LogP contribution is 2.27. The van der Waals surface area contributed by atoms with Gasteiger partial charge in [-0.25, -0.2) is 5.43 Å². The van der Waals surface area contributed by atoms with Gasteiger partial charge in [0, 0.05) is 37.0 Å². The van der Waals surface area contributed by atoms with E-state index in [4.69, 9.17) is 23.2 Å². The van der Waals surface area contributed by atoms with Crippen LogP contribution in [-0.4, -0.2) is 22.4 Å². The van der Waals surface area contributed by atoms with Crippen molar-refractivity contribution in [3.8, 4) is 5.69 Å². The van der Waals surface area contributed by atoms with Crippen LogP contribution < -0.4 is 5.43 Å². The minimum Gasteiger partial charge on any atom is -0.318 e. The molecule has 0 aliphatic heterocycles. The van der Waals surface area contributed by atoms with Gasteiger partial charge in [-0.3, -0.25) is 4.79 Å². The van der Waals surface area contributed by atoms with E-state index in [1.54, 1.807) is 18.3 Å². The van der Waals surface area contributed by atoms with Gasteiger partial charge in [0.1, 0.15) is 0 Å².